The van der Waals surface area contributed by atoms with Gasteiger partial charge in [0.1, 0.15) is 0 Å². The van der Waals surface area contributed by atoms with Gasteiger partial charge in [-0.05, 0) is 50.1 Å². The van der Waals surface area contributed by atoms with Crippen molar-refractivity contribution in [1.82, 2.24) is 9.21 Å². The van der Waals surface area contributed by atoms with Gasteiger partial charge >= 0.3 is 0 Å². The van der Waals surface area contributed by atoms with Crippen LogP contribution in [0.5, 0.6) is 0 Å². The zero-order valence-corrected chi connectivity index (χ0v) is 18.7. The molecule has 0 atom stereocenters. The Bertz CT molecular complexity index is 926. The Morgan fingerprint density at radius 3 is 2.30 bits per heavy atom. The Kier molecular flexibility index (Phi) is 8.77. The highest BCUT2D eigenvalue weighted by Crippen LogP contribution is 2.19. The van der Waals surface area contributed by atoms with Crippen LogP contribution in [0.2, 0.25) is 0 Å². The van der Waals surface area contributed by atoms with Crippen LogP contribution in [0, 0.1) is 0 Å². The monoisotopic (exact) mass is 429 g/mol. The molecule has 2 aromatic carbocycles. The lowest BCUT2D eigenvalue weighted by Gasteiger charge is -2.21. The zero-order valence-electron chi connectivity index (χ0n) is 17.9. The van der Waals surface area contributed by atoms with E-state index in [4.69, 9.17) is 0 Å². The van der Waals surface area contributed by atoms with Gasteiger partial charge in [0.05, 0.1) is 11.4 Å². The molecule has 0 saturated carbocycles. The van der Waals surface area contributed by atoms with Crippen molar-refractivity contribution in [3.05, 3.63) is 72.8 Å². The predicted molar refractivity (Wildman–Crippen MR) is 122 cm³/mol. The summed E-state index contributed by atoms with van der Waals surface area (Å²) >= 11 is 0. The summed E-state index contributed by atoms with van der Waals surface area (Å²) in [5.41, 5.74) is 1.78. The number of nitrogens with one attached hydrogen (secondary N) is 1. The number of nitrogens with zero attached hydrogens (tertiary/aromatic N) is 2. The van der Waals surface area contributed by atoms with E-state index in [2.05, 4.69) is 24.0 Å². The van der Waals surface area contributed by atoms with Gasteiger partial charge in [0.25, 0.3) is 0 Å². The number of benzene rings is 2. The molecule has 7 heteroatoms. The van der Waals surface area contributed by atoms with Crippen molar-refractivity contribution in [2.75, 3.05) is 32.0 Å². The second-order valence-electron chi connectivity index (χ2n) is 7.45. The SMILES string of the molecule is C=CCN(CCc1ccccc1)CC(=O)Nc1ccc(S(=O)(=O)N(C)C(C)C)cc1. The second kappa shape index (κ2) is 11.1. The fourth-order valence-electron chi connectivity index (χ4n) is 2.91. The van der Waals surface area contributed by atoms with Gasteiger partial charge in [0.15, 0.2) is 0 Å². The van der Waals surface area contributed by atoms with Crippen LogP contribution in [0.15, 0.2) is 72.1 Å². The van der Waals surface area contributed by atoms with Crippen LogP contribution < -0.4 is 5.32 Å². The summed E-state index contributed by atoms with van der Waals surface area (Å²) in [4.78, 5) is 14.7. The Hall–Kier alpha value is -2.48. The molecule has 0 aliphatic rings. The van der Waals surface area contributed by atoms with Crippen molar-refractivity contribution in [3.8, 4) is 0 Å². The highest BCUT2D eigenvalue weighted by Gasteiger charge is 2.22. The van der Waals surface area contributed by atoms with Gasteiger partial charge < -0.3 is 5.32 Å². The van der Waals surface area contributed by atoms with Crippen LogP contribution in [0.25, 0.3) is 0 Å². The van der Waals surface area contributed by atoms with Crippen LogP contribution in [-0.4, -0.2) is 56.3 Å². The van der Waals surface area contributed by atoms with E-state index < -0.39 is 10.0 Å². The second-order valence-corrected chi connectivity index (χ2v) is 9.44. The van der Waals surface area contributed by atoms with Crippen LogP contribution in [-0.2, 0) is 21.2 Å². The molecule has 6 nitrogen and oxygen atoms in total. The number of hydrogen-bond donors (Lipinski definition) is 1. The summed E-state index contributed by atoms with van der Waals surface area (Å²) in [5, 5.41) is 2.84. The van der Waals surface area contributed by atoms with E-state index in [1.165, 1.54) is 22.0 Å². The topological polar surface area (TPSA) is 69.7 Å². The molecule has 2 aromatic rings. The molecule has 1 N–H and O–H groups in total. The maximum atomic E-state index is 12.5. The molecule has 2 rings (SSSR count). The van der Waals surface area contributed by atoms with Gasteiger partial charge in [0.2, 0.25) is 15.9 Å². The number of sulfonamides is 1. The first-order chi connectivity index (χ1) is 14.2. The zero-order chi connectivity index (χ0) is 22.1. The number of hydrogen-bond acceptors (Lipinski definition) is 4. The number of carbonyl (C=O) groups is 1. The van der Waals surface area contributed by atoms with Gasteiger partial charge in [-0.15, -0.1) is 6.58 Å². The van der Waals surface area contributed by atoms with Crippen LogP contribution >= 0.6 is 0 Å². The average molecular weight is 430 g/mol. The van der Waals surface area contributed by atoms with Gasteiger partial charge in [-0.25, -0.2) is 8.42 Å². The molecule has 30 heavy (non-hydrogen) atoms. The molecular weight excluding hydrogens is 398 g/mol. The molecule has 162 valence electrons. The van der Waals surface area contributed by atoms with E-state index in [1.54, 1.807) is 25.3 Å². The van der Waals surface area contributed by atoms with E-state index in [9.17, 15) is 13.2 Å². The molecule has 0 aliphatic carbocycles. The third-order valence-corrected chi connectivity index (χ3v) is 6.90. The minimum atomic E-state index is -3.54. The maximum Gasteiger partial charge on any atom is 0.243 e. The van der Waals surface area contributed by atoms with Crippen LogP contribution in [0.4, 0.5) is 5.69 Å². The van der Waals surface area contributed by atoms with E-state index in [0.29, 0.717) is 12.2 Å². The number of anilines is 1. The quantitative estimate of drug-likeness (QED) is 0.556. The molecule has 0 saturated heterocycles. The molecule has 0 heterocycles. The molecule has 0 fully saturated rings. The molecule has 0 spiro atoms. The van der Waals surface area contributed by atoms with E-state index in [0.717, 1.165) is 13.0 Å². The molecule has 0 aliphatic heterocycles. The molecule has 1 amide bonds. The fourth-order valence-corrected chi connectivity index (χ4v) is 4.27. The van der Waals surface area contributed by atoms with Crippen molar-refractivity contribution < 1.29 is 13.2 Å². The number of amides is 1. The number of rotatable bonds is 11. The van der Waals surface area contributed by atoms with Gasteiger partial charge in [-0.3, -0.25) is 9.69 Å². The van der Waals surface area contributed by atoms with Crippen molar-refractivity contribution in [1.29, 1.82) is 0 Å². The number of carbonyl (C=O) groups excluding carboxylic acids is 1. The van der Waals surface area contributed by atoms with E-state index in [1.807, 2.05) is 36.9 Å². The van der Waals surface area contributed by atoms with Gasteiger partial charge in [0, 0.05) is 31.9 Å². The normalized spacial score (nSPS) is 11.8. The maximum absolute atomic E-state index is 12.5. The largest absolute Gasteiger partial charge is 0.325 e. The smallest absolute Gasteiger partial charge is 0.243 e. The first-order valence-electron chi connectivity index (χ1n) is 9.99. The van der Waals surface area contributed by atoms with Gasteiger partial charge in [-0.2, -0.15) is 4.31 Å². The summed E-state index contributed by atoms with van der Waals surface area (Å²) in [6, 6.07) is 16.2. The lowest BCUT2D eigenvalue weighted by molar-refractivity contribution is -0.117. The third kappa shape index (κ3) is 6.79. The van der Waals surface area contributed by atoms with Crippen molar-refractivity contribution >= 4 is 21.6 Å². The van der Waals surface area contributed by atoms with E-state index in [-0.39, 0.29) is 23.4 Å². The molecule has 0 bridgehead atoms. The highest BCUT2D eigenvalue weighted by atomic mass is 32.2. The Labute approximate surface area is 180 Å². The van der Waals surface area contributed by atoms with Crippen LogP contribution in [0.3, 0.4) is 0 Å². The summed E-state index contributed by atoms with van der Waals surface area (Å²) in [7, 11) is -1.99. The third-order valence-electron chi connectivity index (χ3n) is 4.86. The lowest BCUT2D eigenvalue weighted by atomic mass is 10.1. The van der Waals surface area contributed by atoms with Crippen molar-refractivity contribution in [3.63, 3.8) is 0 Å². The lowest BCUT2D eigenvalue weighted by Crippen LogP contribution is -2.35. The first kappa shape index (κ1) is 23.8. The average Bonchev–Trinajstić information content (AvgIpc) is 2.72. The Balaban J connectivity index is 1.96. The minimum Gasteiger partial charge on any atom is -0.325 e. The van der Waals surface area contributed by atoms with Crippen molar-refractivity contribution in [2.45, 2.75) is 31.2 Å². The van der Waals surface area contributed by atoms with E-state index >= 15 is 0 Å². The highest BCUT2D eigenvalue weighted by molar-refractivity contribution is 7.89. The summed E-state index contributed by atoms with van der Waals surface area (Å²) in [5.74, 6) is -0.153. The molecule has 0 radical (unpaired) electrons. The summed E-state index contributed by atoms with van der Waals surface area (Å²) in [6.45, 7) is 8.99. The van der Waals surface area contributed by atoms with Gasteiger partial charge in [-0.1, -0.05) is 36.4 Å². The fraction of sp³-hybridized carbons (Fsp3) is 0.348. The Morgan fingerprint density at radius 1 is 1.10 bits per heavy atom. The minimum absolute atomic E-state index is 0.138. The summed E-state index contributed by atoms with van der Waals surface area (Å²) < 4.78 is 26.4. The van der Waals surface area contributed by atoms with Crippen LogP contribution in [0.1, 0.15) is 19.4 Å². The predicted octanol–water partition coefficient (Wildman–Crippen LogP) is 3.38. The molecule has 0 aromatic heterocycles. The standard InChI is InChI=1S/C23H31N3O3S/c1-5-16-26(17-15-20-9-7-6-8-10-20)18-23(27)24-21-11-13-22(14-12-21)30(28,29)25(4)19(2)3/h5-14,19H,1,15-18H2,2-4H3,(H,24,27). The summed E-state index contributed by atoms with van der Waals surface area (Å²) in [6.07, 6.45) is 2.63. The first-order valence-corrected chi connectivity index (χ1v) is 11.4. The Morgan fingerprint density at radius 2 is 1.73 bits per heavy atom. The molecule has 0 unspecified atom stereocenters. The molecular formula is C23H31N3O3S. The van der Waals surface area contributed by atoms with Crippen molar-refractivity contribution in [2.24, 2.45) is 0 Å².